The Kier molecular flexibility index (Phi) is 11.9. The van der Waals surface area contributed by atoms with E-state index in [1.165, 1.54) is 0 Å². The molecular weight excluding hydrogens is 605 g/mol. The predicted octanol–water partition coefficient (Wildman–Crippen LogP) is 6.24. The summed E-state index contributed by atoms with van der Waals surface area (Å²) in [6, 6.07) is 25.2. The van der Waals surface area contributed by atoms with E-state index in [0.717, 1.165) is 6.92 Å². The first-order chi connectivity index (χ1) is 21.4. The minimum Gasteiger partial charge on any atom is -0.469 e. The molecule has 7 atom stereocenters. The molecule has 3 aromatic carbocycles. The lowest BCUT2D eigenvalue weighted by atomic mass is 10.0. The number of rotatable bonds is 16. The minimum atomic E-state index is -2.35. The van der Waals surface area contributed by atoms with Gasteiger partial charge in [-0.05, 0) is 16.7 Å². The molecule has 0 saturated carbocycles. The second-order valence-corrected chi connectivity index (χ2v) is 11.1. The lowest BCUT2D eigenvalue weighted by Gasteiger charge is -2.36. The Balaban J connectivity index is 2.10. The zero-order chi connectivity index (χ0) is 33.0. The fourth-order valence-corrected chi connectivity index (χ4v) is 3.78. The van der Waals surface area contributed by atoms with Crippen molar-refractivity contribution in [3.8, 4) is 0 Å². The summed E-state index contributed by atoms with van der Waals surface area (Å²) in [7, 11) is 0. The van der Waals surface area contributed by atoms with Crippen molar-refractivity contribution in [3.63, 3.8) is 0 Å². The van der Waals surface area contributed by atoms with Gasteiger partial charge >= 0.3 is 5.97 Å². The van der Waals surface area contributed by atoms with Crippen LogP contribution in [0.15, 0.2) is 91.0 Å². The van der Waals surface area contributed by atoms with Gasteiger partial charge in [0.25, 0.3) is 3.79 Å². The number of halogens is 3. The van der Waals surface area contributed by atoms with Gasteiger partial charge in [0.1, 0.15) is 12.2 Å². The monoisotopic (exact) mass is 638 g/mol. The van der Waals surface area contributed by atoms with Gasteiger partial charge in [-0.1, -0.05) is 126 Å². The quantitative estimate of drug-likeness (QED) is 0.0651. The molecule has 8 nitrogen and oxygen atoms in total. The maximum absolute atomic E-state index is 12.4. The molecule has 0 spiro atoms. The molecule has 0 fully saturated rings. The summed E-state index contributed by atoms with van der Waals surface area (Å²) in [5.74, 6) is -1.71. The van der Waals surface area contributed by atoms with Crippen molar-refractivity contribution < 1.29 is 37.4 Å². The highest BCUT2D eigenvalue weighted by Crippen LogP contribution is 2.30. The standard InChI is InChI=1S/C31H32Cl3NO7/c1-22(37)41-26(17-36)28(39-19-24-13-7-3-8-14-24)29(40-20-25-15-9-4-10-16-25)27(42-30(35)31(32,33)34)21-38-18-23-11-5-2-6-12-23/h2-17,26-29,35H,18-21H2,1H3/t26-,27-,28-,29-/m1/s1/i18D,19D,20D/t18?,19?,20?,26-,27-,28-,29-. The average molecular weight is 640 g/mol. The fraction of sp³-hybridized carbons (Fsp3) is 0.323. The predicted molar refractivity (Wildman–Crippen MR) is 161 cm³/mol. The summed E-state index contributed by atoms with van der Waals surface area (Å²) in [6.07, 6.45) is -6.11. The summed E-state index contributed by atoms with van der Waals surface area (Å²) >= 11 is 17.8. The maximum atomic E-state index is 12.4. The minimum absolute atomic E-state index is 0.289. The second-order valence-electron chi connectivity index (χ2n) is 8.81. The summed E-state index contributed by atoms with van der Waals surface area (Å²) in [5, 5.41) is 8.29. The third-order valence-corrected chi connectivity index (χ3v) is 6.09. The van der Waals surface area contributed by atoms with Crippen LogP contribution in [0.25, 0.3) is 0 Å². The lowest BCUT2D eigenvalue weighted by molar-refractivity contribution is -0.187. The smallest absolute Gasteiger partial charge is 0.303 e. The van der Waals surface area contributed by atoms with Crippen LogP contribution in [0.3, 0.4) is 0 Å². The van der Waals surface area contributed by atoms with Gasteiger partial charge in [0, 0.05) is 6.92 Å². The highest BCUT2D eigenvalue weighted by Gasteiger charge is 2.42. The van der Waals surface area contributed by atoms with E-state index >= 15 is 0 Å². The molecule has 0 bridgehead atoms. The number of nitrogens with one attached hydrogen (secondary N) is 1. The number of aldehydes is 1. The molecule has 0 aromatic heterocycles. The molecule has 0 heterocycles. The molecule has 3 unspecified atom stereocenters. The zero-order valence-corrected chi connectivity index (χ0v) is 24.7. The van der Waals surface area contributed by atoms with Crippen molar-refractivity contribution in [3.05, 3.63) is 108 Å². The van der Waals surface area contributed by atoms with Gasteiger partial charge < -0.3 is 23.7 Å². The van der Waals surface area contributed by atoms with Crippen LogP contribution in [0.1, 0.15) is 27.7 Å². The van der Waals surface area contributed by atoms with E-state index in [1.54, 1.807) is 91.0 Å². The van der Waals surface area contributed by atoms with E-state index in [-0.39, 0.29) is 6.29 Å². The first kappa shape index (κ1) is 29.1. The molecule has 3 aromatic rings. The van der Waals surface area contributed by atoms with Crippen LogP contribution < -0.4 is 0 Å². The summed E-state index contributed by atoms with van der Waals surface area (Å²) in [5.41, 5.74) is 1.26. The topological polar surface area (TPSA) is 104 Å². The Labute approximate surface area is 264 Å². The first-order valence-corrected chi connectivity index (χ1v) is 13.8. The maximum Gasteiger partial charge on any atom is 0.303 e. The van der Waals surface area contributed by atoms with Gasteiger partial charge in [-0.15, -0.1) is 0 Å². The van der Waals surface area contributed by atoms with Crippen molar-refractivity contribution in [1.29, 1.82) is 5.41 Å². The zero-order valence-electron chi connectivity index (χ0n) is 25.5. The summed E-state index contributed by atoms with van der Waals surface area (Å²) in [6.45, 7) is -3.57. The molecule has 0 aliphatic rings. The highest BCUT2D eigenvalue weighted by atomic mass is 35.6. The highest BCUT2D eigenvalue weighted by molar-refractivity contribution is 6.76. The molecule has 0 radical (unpaired) electrons. The number of carbonyl (C=O) groups is 2. The van der Waals surface area contributed by atoms with Crippen LogP contribution in [-0.2, 0) is 53.0 Å². The lowest BCUT2D eigenvalue weighted by Crippen LogP contribution is -2.52. The van der Waals surface area contributed by atoms with E-state index in [0.29, 0.717) is 16.7 Å². The number of alkyl halides is 3. The molecule has 11 heteroatoms. The van der Waals surface area contributed by atoms with Gasteiger partial charge in [-0.25, -0.2) is 0 Å². The summed E-state index contributed by atoms with van der Waals surface area (Å²) < 4.78 is 52.6. The molecule has 0 aliphatic carbocycles. The van der Waals surface area contributed by atoms with Gasteiger partial charge in [-0.2, -0.15) is 0 Å². The first-order valence-electron chi connectivity index (χ1n) is 14.4. The van der Waals surface area contributed by atoms with Gasteiger partial charge in [-0.3, -0.25) is 15.0 Å². The Bertz CT molecular complexity index is 1360. The molecule has 0 saturated heterocycles. The number of benzene rings is 3. The number of carbonyl (C=O) groups excluding carboxylic acids is 2. The van der Waals surface area contributed by atoms with Crippen molar-refractivity contribution in [2.75, 3.05) is 6.61 Å². The molecule has 42 heavy (non-hydrogen) atoms. The number of hydrogen-bond donors (Lipinski definition) is 1. The van der Waals surface area contributed by atoms with Crippen LogP contribution in [0.5, 0.6) is 0 Å². The van der Waals surface area contributed by atoms with E-state index in [2.05, 4.69) is 0 Å². The molecule has 1 N–H and O–H groups in total. The van der Waals surface area contributed by atoms with Gasteiger partial charge in [0.15, 0.2) is 18.5 Å². The molecular formula is C31H32Cl3NO7. The largest absolute Gasteiger partial charge is 0.469 e. The Morgan fingerprint density at radius 2 is 1.26 bits per heavy atom. The summed E-state index contributed by atoms with van der Waals surface area (Å²) in [4.78, 5) is 24.4. The Morgan fingerprint density at radius 1 is 0.810 bits per heavy atom. The van der Waals surface area contributed by atoms with Crippen LogP contribution >= 0.6 is 34.8 Å². The van der Waals surface area contributed by atoms with Crippen LogP contribution in [0.2, 0.25) is 0 Å². The second kappa shape index (κ2) is 17.2. The molecule has 0 aliphatic heterocycles. The van der Waals surface area contributed by atoms with Crippen molar-refractivity contribution in [1.82, 2.24) is 0 Å². The van der Waals surface area contributed by atoms with E-state index in [9.17, 15) is 9.59 Å². The molecule has 0 amide bonds. The number of hydrogen-bond acceptors (Lipinski definition) is 8. The average Bonchev–Trinajstić information content (AvgIpc) is 3.03. The SMILES string of the molecule is [2H]C(OC[C@@H](OC(=N)C(Cl)(Cl)Cl)[C@@H](OC([2H])c1ccccc1)[C@H](OC([2H])c1ccccc1)[C@@H](C=O)OC(C)=O)c1ccccc1. The van der Waals surface area contributed by atoms with Crippen molar-refractivity contribution >= 4 is 53.0 Å². The van der Waals surface area contributed by atoms with Gasteiger partial charge in [0.05, 0.1) is 30.5 Å². The Hall–Kier alpha value is -2.98. The van der Waals surface area contributed by atoms with Gasteiger partial charge in [0.2, 0.25) is 5.90 Å². The molecule has 3 rings (SSSR count). The van der Waals surface area contributed by atoms with Crippen molar-refractivity contribution in [2.45, 2.75) is 54.9 Å². The van der Waals surface area contributed by atoms with Crippen LogP contribution in [0, 0.1) is 5.41 Å². The number of ether oxygens (including phenoxy) is 5. The van der Waals surface area contributed by atoms with E-state index in [1.807, 2.05) is 0 Å². The Morgan fingerprint density at radius 3 is 1.69 bits per heavy atom. The molecule has 224 valence electrons. The van der Waals surface area contributed by atoms with E-state index in [4.69, 9.17) is 68.0 Å². The normalized spacial score (nSPS) is 17.6. The van der Waals surface area contributed by atoms with Crippen LogP contribution in [-0.4, -0.2) is 53.0 Å². The number of esters is 1. The van der Waals surface area contributed by atoms with Crippen LogP contribution in [0.4, 0.5) is 0 Å². The van der Waals surface area contributed by atoms with E-state index < -0.39 is 66.4 Å². The third-order valence-electron chi connectivity index (χ3n) is 5.58. The third kappa shape index (κ3) is 11.4. The van der Waals surface area contributed by atoms with Crippen molar-refractivity contribution in [2.24, 2.45) is 0 Å². The fourth-order valence-electron chi connectivity index (χ4n) is 3.64.